The van der Waals surface area contributed by atoms with Crippen molar-refractivity contribution >= 4 is 17.7 Å². The molecule has 0 aliphatic rings. The van der Waals surface area contributed by atoms with Crippen LogP contribution in [0, 0.1) is 0 Å². The lowest BCUT2D eigenvalue weighted by atomic mass is 10.00. The Morgan fingerprint density at radius 3 is 1.63 bits per heavy atom. The number of carbonyl (C=O) groups is 3. The van der Waals surface area contributed by atoms with Gasteiger partial charge >= 0.3 is 11.9 Å². The lowest BCUT2D eigenvalue weighted by molar-refractivity contribution is -0.153. The highest BCUT2D eigenvalue weighted by atomic mass is 16.5. The monoisotopic (exact) mass is 412 g/mol. The summed E-state index contributed by atoms with van der Waals surface area (Å²) in [6, 6.07) is 16.5. The molecule has 6 heteroatoms. The molecule has 6 nitrogen and oxygen atoms in total. The highest BCUT2D eigenvalue weighted by molar-refractivity contribution is 6.32. The molecule has 0 aliphatic carbocycles. The minimum Gasteiger partial charge on any atom is -0.464 e. The second kappa shape index (κ2) is 11.9. The number of aliphatic hydroxyl groups excluding tert-OH is 1. The van der Waals surface area contributed by atoms with Crippen molar-refractivity contribution in [3.05, 3.63) is 59.7 Å². The quantitative estimate of drug-likeness (QED) is 0.346. The van der Waals surface area contributed by atoms with Crippen molar-refractivity contribution in [1.29, 1.82) is 0 Å². The highest BCUT2D eigenvalue weighted by Gasteiger charge is 2.09. The van der Waals surface area contributed by atoms with Gasteiger partial charge in [0, 0.05) is 6.92 Å². The maximum Gasteiger partial charge on any atom is 0.374 e. The first kappa shape index (κ1) is 23.3. The zero-order chi connectivity index (χ0) is 21.9. The summed E-state index contributed by atoms with van der Waals surface area (Å²) in [6.07, 6.45) is 1.85. The Labute approximate surface area is 176 Å². The molecule has 1 unspecified atom stereocenters. The van der Waals surface area contributed by atoms with E-state index in [4.69, 9.17) is 14.6 Å². The predicted octanol–water partition coefficient (Wildman–Crippen LogP) is 3.28. The average molecular weight is 412 g/mol. The number of benzene rings is 2. The van der Waals surface area contributed by atoms with Gasteiger partial charge in [-0.25, -0.2) is 9.59 Å². The number of ketones is 1. The van der Waals surface area contributed by atoms with Crippen molar-refractivity contribution in [1.82, 2.24) is 0 Å². The van der Waals surface area contributed by atoms with Gasteiger partial charge < -0.3 is 14.6 Å². The summed E-state index contributed by atoms with van der Waals surface area (Å²) in [4.78, 5) is 33.1. The van der Waals surface area contributed by atoms with Gasteiger partial charge in [-0.2, -0.15) is 0 Å². The first-order chi connectivity index (χ1) is 14.4. The van der Waals surface area contributed by atoms with Gasteiger partial charge in [0.1, 0.15) is 6.10 Å². The number of aliphatic hydroxyl groups is 1. The van der Waals surface area contributed by atoms with Crippen LogP contribution in [0.4, 0.5) is 0 Å². The van der Waals surface area contributed by atoms with Crippen LogP contribution in [0.15, 0.2) is 48.5 Å². The minimum absolute atomic E-state index is 0.236. The molecule has 2 aromatic rings. The molecule has 0 saturated heterocycles. The van der Waals surface area contributed by atoms with E-state index in [-0.39, 0.29) is 6.61 Å². The number of Topliss-reactive ketones (excluding diaryl/α,β-unsaturated/α-hetero) is 1. The molecule has 1 N–H and O–H groups in total. The molecule has 30 heavy (non-hydrogen) atoms. The van der Waals surface area contributed by atoms with Crippen LogP contribution in [-0.2, 0) is 36.7 Å². The van der Waals surface area contributed by atoms with Crippen molar-refractivity contribution in [3.63, 3.8) is 0 Å². The molecule has 0 heterocycles. The molecule has 0 aromatic heterocycles. The average Bonchev–Trinajstić information content (AvgIpc) is 2.74. The van der Waals surface area contributed by atoms with E-state index < -0.39 is 23.8 Å². The summed E-state index contributed by atoms with van der Waals surface area (Å²) in [5.74, 6) is -1.95. The Hall–Kier alpha value is -2.99. The highest BCUT2D eigenvalue weighted by Crippen LogP contribution is 2.21. The predicted molar refractivity (Wildman–Crippen MR) is 113 cm³/mol. The third-order valence-electron chi connectivity index (χ3n) is 4.57. The second-order valence-corrected chi connectivity index (χ2v) is 7.14. The molecular formula is C24H28O6. The fourth-order valence-electron chi connectivity index (χ4n) is 2.84. The third-order valence-corrected chi connectivity index (χ3v) is 4.57. The molecule has 2 rings (SSSR count). The molecule has 0 radical (unpaired) electrons. The van der Waals surface area contributed by atoms with E-state index in [2.05, 4.69) is 36.4 Å². The van der Waals surface area contributed by atoms with Crippen LogP contribution < -0.4 is 0 Å². The Balaban J connectivity index is 1.77. The van der Waals surface area contributed by atoms with Crippen LogP contribution in [0.3, 0.4) is 0 Å². The minimum atomic E-state index is -1.08. The van der Waals surface area contributed by atoms with E-state index in [9.17, 15) is 14.4 Å². The zero-order valence-corrected chi connectivity index (χ0v) is 17.4. The Kier molecular flexibility index (Phi) is 9.22. The number of rotatable bonds is 11. The van der Waals surface area contributed by atoms with Crippen LogP contribution in [-0.4, -0.2) is 42.1 Å². The van der Waals surface area contributed by atoms with Crippen molar-refractivity contribution < 1.29 is 29.0 Å². The van der Waals surface area contributed by atoms with E-state index in [1.807, 2.05) is 12.1 Å². The lowest BCUT2D eigenvalue weighted by Gasteiger charge is -2.08. The number of hydrogen-bond acceptors (Lipinski definition) is 6. The fourth-order valence-corrected chi connectivity index (χ4v) is 2.84. The topological polar surface area (TPSA) is 89.9 Å². The Bertz CT molecular complexity index is 837. The van der Waals surface area contributed by atoms with Crippen molar-refractivity contribution in [2.24, 2.45) is 0 Å². The zero-order valence-electron chi connectivity index (χ0n) is 17.4. The molecule has 0 saturated carbocycles. The van der Waals surface area contributed by atoms with Gasteiger partial charge in [-0.3, -0.25) is 4.79 Å². The molecule has 1 atom stereocenters. The summed E-state index contributed by atoms with van der Waals surface area (Å²) in [6.45, 7) is 3.12. The molecule has 160 valence electrons. The molecule has 0 amide bonds. The molecule has 0 bridgehead atoms. The third kappa shape index (κ3) is 7.79. The van der Waals surface area contributed by atoms with Crippen molar-refractivity contribution in [2.75, 3.05) is 13.2 Å². The fraction of sp³-hybridized carbons (Fsp3) is 0.375. The van der Waals surface area contributed by atoms with Crippen LogP contribution in [0.5, 0.6) is 0 Å². The number of carbonyl (C=O) groups excluding carboxylic acids is 3. The van der Waals surface area contributed by atoms with Crippen molar-refractivity contribution in [2.45, 2.75) is 45.6 Å². The summed E-state index contributed by atoms with van der Waals surface area (Å²) >= 11 is 0. The van der Waals surface area contributed by atoms with E-state index >= 15 is 0 Å². The smallest absolute Gasteiger partial charge is 0.374 e. The van der Waals surface area contributed by atoms with Gasteiger partial charge in [0.2, 0.25) is 5.78 Å². The maximum atomic E-state index is 11.2. The number of esters is 2. The van der Waals surface area contributed by atoms with Gasteiger partial charge in [0.15, 0.2) is 0 Å². The molecule has 0 aliphatic heterocycles. The van der Waals surface area contributed by atoms with E-state index in [0.29, 0.717) is 19.4 Å². The summed E-state index contributed by atoms with van der Waals surface area (Å²) < 4.78 is 9.82. The Morgan fingerprint density at radius 1 is 0.800 bits per heavy atom. The second-order valence-electron chi connectivity index (χ2n) is 7.14. The number of hydrogen-bond donors (Lipinski definition) is 1. The molecule has 2 aromatic carbocycles. The standard InChI is InChI=1S/C24H28O6/c1-17(25)23(27)29-15-3-5-19-7-11-21(12-8-19)22-13-9-20(10-14-22)6-4-16-30-24(28)18(2)26/h7-14,17,25H,3-6,15-16H2,1-2H3. The first-order valence-electron chi connectivity index (χ1n) is 10.1. The van der Waals surface area contributed by atoms with Gasteiger partial charge in [-0.05, 0) is 54.9 Å². The summed E-state index contributed by atoms with van der Waals surface area (Å²) in [5, 5.41) is 9.08. The summed E-state index contributed by atoms with van der Waals surface area (Å²) in [5.41, 5.74) is 4.52. The largest absolute Gasteiger partial charge is 0.464 e. The van der Waals surface area contributed by atoms with Gasteiger partial charge in [0.25, 0.3) is 0 Å². The molecular weight excluding hydrogens is 384 g/mol. The van der Waals surface area contributed by atoms with Crippen LogP contribution in [0.1, 0.15) is 37.8 Å². The number of aryl methyl sites for hydroxylation is 2. The van der Waals surface area contributed by atoms with Crippen LogP contribution >= 0.6 is 0 Å². The van der Waals surface area contributed by atoms with Crippen LogP contribution in [0.2, 0.25) is 0 Å². The number of ether oxygens (including phenoxy) is 2. The lowest BCUT2D eigenvalue weighted by Crippen LogP contribution is -2.19. The van der Waals surface area contributed by atoms with Gasteiger partial charge in [0.05, 0.1) is 13.2 Å². The van der Waals surface area contributed by atoms with Gasteiger partial charge in [-0.15, -0.1) is 0 Å². The first-order valence-corrected chi connectivity index (χ1v) is 10.1. The van der Waals surface area contributed by atoms with Crippen LogP contribution in [0.25, 0.3) is 11.1 Å². The van der Waals surface area contributed by atoms with Gasteiger partial charge in [-0.1, -0.05) is 48.5 Å². The van der Waals surface area contributed by atoms with Crippen molar-refractivity contribution in [3.8, 4) is 11.1 Å². The SMILES string of the molecule is CC(=O)C(=O)OCCCc1ccc(-c2ccc(CCCOC(=O)C(C)O)cc2)cc1. The normalized spacial score (nSPS) is 11.6. The molecule has 0 spiro atoms. The van der Waals surface area contributed by atoms with E-state index in [1.165, 1.54) is 13.8 Å². The Morgan fingerprint density at radius 2 is 1.23 bits per heavy atom. The van der Waals surface area contributed by atoms with E-state index in [1.54, 1.807) is 0 Å². The van der Waals surface area contributed by atoms with E-state index in [0.717, 1.165) is 35.1 Å². The maximum absolute atomic E-state index is 11.2. The summed E-state index contributed by atoms with van der Waals surface area (Å²) in [7, 11) is 0. The molecule has 0 fully saturated rings.